The fraction of sp³-hybridized carbons (Fsp3) is 0.429. The van der Waals surface area contributed by atoms with Crippen LogP contribution in [0.25, 0.3) is 0 Å². The van der Waals surface area contributed by atoms with E-state index in [0.29, 0.717) is 11.1 Å². The Morgan fingerprint density at radius 2 is 1.89 bits per heavy atom. The lowest BCUT2D eigenvalue weighted by Crippen LogP contribution is -2.16. The van der Waals surface area contributed by atoms with Gasteiger partial charge in [-0.2, -0.15) is 5.26 Å². The molecule has 1 aromatic rings. The number of carboxylic acids is 1. The number of aromatic carboxylic acids is 1. The predicted molar refractivity (Wildman–Crippen MR) is 68.1 cm³/mol. The van der Waals surface area contributed by atoms with Crippen molar-refractivity contribution in [1.29, 1.82) is 5.26 Å². The number of rotatable bonds is 2. The van der Waals surface area contributed by atoms with Crippen LogP contribution >= 0.6 is 0 Å². The number of hydrogen-bond donors (Lipinski definition) is 1. The fourth-order valence-corrected chi connectivity index (χ4v) is 1.44. The largest absolute Gasteiger partial charge is 0.478 e. The van der Waals surface area contributed by atoms with E-state index in [1.165, 1.54) is 13.0 Å². The lowest BCUT2D eigenvalue weighted by molar-refractivity contribution is 0.0691. The molecule has 0 aliphatic carbocycles. The molecule has 0 saturated carbocycles. The molecule has 1 aromatic carbocycles. The first-order valence-corrected chi connectivity index (χ1v) is 5.75. The van der Waals surface area contributed by atoms with Crippen LogP contribution in [0.4, 0.5) is 4.39 Å². The van der Waals surface area contributed by atoms with Crippen LogP contribution in [0.3, 0.4) is 0 Å². The number of hydrogen-bond acceptors (Lipinski definition) is 2. The summed E-state index contributed by atoms with van der Waals surface area (Å²) < 4.78 is 13.5. The first kappa shape index (κ1) is 16.1. The summed E-state index contributed by atoms with van der Waals surface area (Å²) in [6.45, 7) is 8.83. The Morgan fingerprint density at radius 1 is 1.39 bits per heavy atom. The van der Waals surface area contributed by atoms with Crippen LogP contribution in [0.2, 0.25) is 0 Å². The Morgan fingerprint density at radius 3 is 2.22 bits per heavy atom. The fourth-order valence-electron chi connectivity index (χ4n) is 1.44. The quantitative estimate of drug-likeness (QED) is 0.872. The Bertz CT molecular complexity index is 464. The lowest BCUT2D eigenvalue weighted by atomic mass is 9.84. The van der Waals surface area contributed by atoms with E-state index in [0.717, 1.165) is 6.07 Å². The highest BCUT2D eigenvalue weighted by Crippen LogP contribution is 2.26. The second kappa shape index (κ2) is 6.15. The molecule has 0 heterocycles. The molecule has 0 atom stereocenters. The molecule has 98 valence electrons. The normalized spacial score (nSPS) is 10.1. The van der Waals surface area contributed by atoms with Crippen molar-refractivity contribution in [3.63, 3.8) is 0 Å². The summed E-state index contributed by atoms with van der Waals surface area (Å²) in [4.78, 5) is 10.8. The van der Waals surface area contributed by atoms with Crippen LogP contribution in [0.1, 0.15) is 49.2 Å². The molecule has 0 bridgehead atoms. The molecule has 0 radical (unpaired) electrons. The van der Waals surface area contributed by atoms with Gasteiger partial charge in [-0.1, -0.05) is 19.9 Å². The smallest absolute Gasteiger partial charge is 0.338 e. The topological polar surface area (TPSA) is 61.1 Å². The first-order chi connectivity index (χ1) is 8.29. The standard InChI is InChI=1S/C12H12FNO2.C2H6/c1-7-4-8(12(2,3)6-14)5-9(13)10(7)11(15)16;1-2/h4-5H,1-3H3,(H,15,16);1-2H3. The summed E-state index contributed by atoms with van der Waals surface area (Å²) in [5.41, 5.74) is -0.360. The number of nitriles is 1. The molecule has 1 rings (SSSR count). The zero-order valence-electron chi connectivity index (χ0n) is 11.3. The molecule has 0 fully saturated rings. The van der Waals surface area contributed by atoms with Crippen LogP contribution in [0, 0.1) is 24.1 Å². The minimum absolute atomic E-state index is 0.325. The Hall–Kier alpha value is -1.89. The second-order valence-electron chi connectivity index (χ2n) is 4.19. The molecule has 4 heteroatoms. The van der Waals surface area contributed by atoms with Gasteiger partial charge in [0, 0.05) is 0 Å². The molecule has 1 N–H and O–H groups in total. The summed E-state index contributed by atoms with van der Waals surface area (Å²) in [6.07, 6.45) is 0. The van der Waals surface area contributed by atoms with Crippen LogP contribution in [-0.2, 0) is 5.41 Å². The number of benzene rings is 1. The SMILES string of the molecule is CC.Cc1cc(C(C)(C)C#N)cc(F)c1C(=O)O. The van der Waals surface area contributed by atoms with Gasteiger partial charge in [0.25, 0.3) is 0 Å². The van der Waals surface area contributed by atoms with Crippen molar-refractivity contribution in [2.24, 2.45) is 0 Å². The van der Waals surface area contributed by atoms with Gasteiger partial charge in [0.15, 0.2) is 0 Å². The molecular weight excluding hydrogens is 233 g/mol. The van der Waals surface area contributed by atoms with Crippen LogP contribution in [0.5, 0.6) is 0 Å². The highest BCUT2D eigenvalue weighted by Gasteiger charge is 2.24. The number of aryl methyl sites for hydroxylation is 1. The van der Waals surface area contributed by atoms with Gasteiger partial charge in [0.2, 0.25) is 0 Å². The zero-order chi connectivity index (χ0) is 14.5. The highest BCUT2D eigenvalue weighted by atomic mass is 19.1. The molecule has 0 aliphatic rings. The van der Waals surface area contributed by atoms with Crippen molar-refractivity contribution in [3.8, 4) is 6.07 Å². The van der Waals surface area contributed by atoms with Crippen molar-refractivity contribution in [2.75, 3.05) is 0 Å². The van der Waals surface area contributed by atoms with Crippen LogP contribution < -0.4 is 0 Å². The summed E-state index contributed by atoms with van der Waals surface area (Å²) in [7, 11) is 0. The van der Waals surface area contributed by atoms with Gasteiger partial charge < -0.3 is 5.11 Å². The van der Waals surface area contributed by atoms with E-state index >= 15 is 0 Å². The van der Waals surface area contributed by atoms with Crippen molar-refractivity contribution in [3.05, 3.63) is 34.6 Å². The molecule has 0 spiro atoms. The molecule has 3 nitrogen and oxygen atoms in total. The lowest BCUT2D eigenvalue weighted by Gasteiger charge is -2.17. The summed E-state index contributed by atoms with van der Waals surface area (Å²) in [5, 5.41) is 17.7. The zero-order valence-corrected chi connectivity index (χ0v) is 11.3. The van der Waals surface area contributed by atoms with Gasteiger partial charge >= 0.3 is 5.97 Å². The van der Waals surface area contributed by atoms with Crippen molar-refractivity contribution in [2.45, 2.75) is 40.0 Å². The van der Waals surface area contributed by atoms with Gasteiger partial charge in [-0.15, -0.1) is 0 Å². The first-order valence-electron chi connectivity index (χ1n) is 5.75. The Kier molecular flexibility index (Phi) is 5.51. The van der Waals surface area contributed by atoms with Crippen molar-refractivity contribution in [1.82, 2.24) is 0 Å². The van der Waals surface area contributed by atoms with E-state index in [4.69, 9.17) is 10.4 Å². The van der Waals surface area contributed by atoms with Gasteiger partial charge in [-0.05, 0) is 38.0 Å². The van der Waals surface area contributed by atoms with Gasteiger partial charge in [-0.25, -0.2) is 9.18 Å². The van der Waals surface area contributed by atoms with E-state index in [9.17, 15) is 9.18 Å². The minimum Gasteiger partial charge on any atom is -0.478 e. The Balaban J connectivity index is 0.00000137. The third-order valence-corrected chi connectivity index (χ3v) is 2.50. The monoisotopic (exact) mass is 251 g/mol. The van der Waals surface area contributed by atoms with E-state index in [1.54, 1.807) is 13.8 Å². The van der Waals surface area contributed by atoms with E-state index < -0.39 is 17.2 Å². The van der Waals surface area contributed by atoms with E-state index in [2.05, 4.69) is 0 Å². The molecule has 0 unspecified atom stereocenters. The van der Waals surface area contributed by atoms with Crippen LogP contribution in [0.15, 0.2) is 12.1 Å². The predicted octanol–water partition coefficient (Wildman–Crippen LogP) is 3.66. The molecule has 0 aromatic heterocycles. The summed E-state index contributed by atoms with van der Waals surface area (Å²) >= 11 is 0. The molecule has 0 saturated heterocycles. The maximum absolute atomic E-state index is 13.5. The van der Waals surface area contributed by atoms with Gasteiger partial charge in [-0.3, -0.25) is 0 Å². The molecule has 18 heavy (non-hydrogen) atoms. The van der Waals surface area contributed by atoms with Crippen molar-refractivity contribution < 1.29 is 14.3 Å². The van der Waals surface area contributed by atoms with E-state index in [-0.39, 0.29) is 5.56 Å². The maximum Gasteiger partial charge on any atom is 0.338 e. The van der Waals surface area contributed by atoms with Gasteiger partial charge in [0.1, 0.15) is 5.82 Å². The number of carbonyl (C=O) groups is 1. The summed E-state index contributed by atoms with van der Waals surface area (Å²) in [6, 6.07) is 4.69. The summed E-state index contributed by atoms with van der Waals surface area (Å²) in [5.74, 6) is -2.10. The molecular formula is C14H18FNO2. The second-order valence-corrected chi connectivity index (χ2v) is 4.19. The molecule has 0 aliphatic heterocycles. The van der Waals surface area contributed by atoms with Crippen molar-refractivity contribution >= 4 is 5.97 Å². The van der Waals surface area contributed by atoms with Crippen LogP contribution in [-0.4, -0.2) is 11.1 Å². The number of nitrogens with zero attached hydrogens (tertiary/aromatic N) is 1. The molecule has 0 amide bonds. The average Bonchev–Trinajstić information content (AvgIpc) is 2.30. The highest BCUT2D eigenvalue weighted by molar-refractivity contribution is 5.89. The third kappa shape index (κ3) is 3.30. The average molecular weight is 251 g/mol. The number of halogens is 1. The maximum atomic E-state index is 13.5. The minimum atomic E-state index is -1.30. The Labute approximate surface area is 107 Å². The van der Waals surface area contributed by atoms with E-state index in [1.807, 2.05) is 19.9 Å². The number of carboxylic acid groups (broad SMARTS) is 1. The van der Waals surface area contributed by atoms with Gasteiger partial charge in [0.05, 0.1) is 17.0 Å². The third-order valence-electron chi connectivity index (χ3n) is 2.50.